The molecular formula is C13H15BrN4O. The molecular weight excluding hydrogens is 308 g/mol. The number of aromatic nitrogens is 2. The minimum atomic E-state index is 0.424. The maximum Gasteiger partial charge on any atom is 0.225 e. The standard InChI is InChI=1S/C13H15BrN4O/c1-2-19-10-5-3-4-9(6-10)8-16-13-17-11(14)7-12(15)18-13/h3-7H,2,8H2,1H3,(H3,15,16,17,18). The number of halogens is 1. The Kier molecular flexibility index (Phi) is 4.57. The molecule has 0 aliphatic rings. The summed E-state index contributed by atoms with van der Waals surface area (Å²) in [5.74, 6) is 1.78. The largest absolute Gasteiger partial charge is 0.494 e. The van der Waals surface area contributed by atoms with Crippen molar-refractivity contribution in [2.24, 2.45) is 0 Å². The van der Waals surface area contributed by atoms with Gasteiger partial charge in [-0.05, 0) is 40.5 Å². The first-order valence-corrected chi connectivity index (χ1v) is 6.72. The van der Waals surface area contributed by atoms with Crippen LogP contribution in [0.2, 0.25) is 0 Å². The average Bonchev–Trinajstić information content (AvgIpc) is 2.36. The Morgan fingerprint density at radius 2 is 2.16 bits per heavy atom. The Morgan fingerprint density at radius 3 is 2.89 bits per heavy atom. The van der Waals surface area contributed by atoms with E-state index in [1.54, 1.807) is 6.07 Å². The Hall–Kier alpha value is -1.82. The molecule has 1 aromatic heterocycles. The van der Waals surface area contributed by atoms with E-state index in [0.29, 0.717) is 29.5 Å². The van der Waals surface area contributed by atoms with Gasteiger partial charge in [0.15, 0.2) is 0 Å². The second-order valence-electron chi connectivity index (χ2n) is 3.87. The van der Waals surface area contributed by atoms with Gasteiger partial charge < -0.3 is 15.8 Å². The van der Waals surface area contributed by atoms with E-state index in [0.717, 1.165) is 11.3 Å². The first kappa shape index (κ1) is 13.6. The topological polar surface area (TPSA) is 73.1 Å². The second-order valence-corrected chi connectivity index (χ2v) is 4.69. The van der Waals surface area contributed by atoms with Crippen LogP contribution >= 0.6 is 15.9 Å². The maximum atomic E-state index is 5.65. The third-order valence-corrected chi connectivity index (χ3v) is 2.78. The molecule has 0 aliphatic carbocycles. The minimum absolute atomic E-state index is 0.424. The van der Waals surface area contributed by atoms with Gasteiger partial charge >= 0.3 is 0 Å². The smallest absolute Gasteiger partial charge is 0.225 e. The second kappa shape index (κ2) is 6.38. The summed E-state index contributed by atoms with van der Waals surface area (Å²) in [5.41, 5.74) is 6.74. The molecule has 0 spiro atoms. The fourth-order valence-electron chi connectivity index (χ4n) is 1.61. The van der Waals surface area contributed by atoms with Gasteiger partial charge in [-0.15, -0.1) is 0 Å². The van der Waals surface area contributed by atoms with Gasteiger partial charge in [-0.2, -0.15) is 4.98 Å². The highest BCUT2D eigenvalue weighted by molar-refractivity contribution is 9.10. The summed E-state index contributed by atoms with van der Waals surface area (Å²) < 4.78 is 6.11. The lowest BCUT2D eigenvalue weighted by Gasteiger charge is -2.08. The zero-order valence-electron chi connectivity index (χ0n) is 10.6. The first-order chi connectivity index (χ1) is 9.17. The third-order valence-electron chi connectivity index (χ3n) is 2.37. The van der Waals surface area contributed by atoms with Crippen LogP contribution in [-0.2, 0) is 6.54 Å². The lowest BCUT2D eigenvalue weighted by atomic mass is 10.2. The van der Waals surface area contributed by atoms with E-state index in [1.165, 1.54) is 0 Å². The van der Waals surface area contributed by atoms with E-state index < -0.39 is 0 Å². The maximum absolute atomic E-state index is 5.65. The summed E-state index contributed by atoms with van der Waals surface area (Å²) in [4.78, 5) is 8.29. The van der Waals surface area contributed by atoms with Gasteiger partial charge in [0.25, 0.3) is 0 Å². The number of rotatable bonds is 5. The molecule has 100 valence electrons. The SMILES string of the molecule is CCOc1cccc(CNc2nc(N)cc(Br)n2)c1. The molecule has 19 heavy (non-hydrogen) atoms. The molecule has 0 saturated heterocycles. The van der Waals surface area contributed by atoms with Crippen molar-refractivity contribution < 1.29 is 4.74 Å². The first-order valence-electron chi connectivity index (χ1n) is 5.93. The van der Waals surface area contributed by atoms with Gasteiger partial charge in [0.2, 0.25) is 5.95 Å². The van der Waals surface area contributed by atoms with Gasteiger partial charge in [-0.1, -0.05) is 12.1 Å². The predicted molar refractivity (Wildman–Crippen MR) is 79.1 cm³/mol. The summed E-state index contributed by atoms with van der Waals surface area (Å²) in [6.45, 7) is 3.22. The van der Waals surface area contributed by atoms with Gasteiger partial charge in [-0.3, -0.25) is 0 Å². The summed E-state index contributed by atoms with van der Waals surface area (Å²) in [6.07, 6.45) is 0. The number of nitrogens with one attached hydrogen (secondary N) is 1. The zero-order chi connectivity index (χ0) is 13.7. The molecule has 3 N–H and O–H groups in total. The molecule has 0 atom stereocenters. The number of ether oxygens (including phenoxy) is 1. The zero-order valence-corrected chi connectivity index (χ0v) is 12.1. The number of nitrogen functional groups attached to an aromatic ring is 1. The molecule has 6 heteroatoms. The van der Waals surface area contributed by atoms with E-state index in [1.807, 2.05) is 31.2 Å². The van der Waals surface area contributed by atoms with Crippen LogP contribution in [0.1, 0.15) is 12.5 Å². The van der Waals surface area contributed by atoms with Crippen molar-refractivity contribution in [2.75, 3.05) is 17.7 Å². The molecule has 1 aromatic carbocycles. The average molecular weight is 323 g/mol. The lowest BCUT2D eigenvalue weighted by molar-refractivity contribution is 0.340. The molecule has 0 radical (unpaired) electrons. The number of anilines is 2. The molecule has 0 fully saturated rings. The molecule has 1 heterocycles. The highest BCUT2D eigenvalue weighted by Gasteiger charge is 2.01. The molecule has 0 saturated carbocycles. The Balaban J connectivity index is 2.03. The fraction of sp³-hybridized carbons (Fsp3) is 0.231. The van der Waals surface area contributed by atoms with Crippen molar-refractivity contribution in [1.82, 2.24) is 9.97 Å². The number of hydrogen-bond donors (Lipinski definition) is 2. The quantitative estimate of drug-likeness (QED) is 0.828. The van der Waals surface area contributed by atoms with Crippen LogP contribution in [-0.4, -0.2) is 16.6 Å². The minimum Gasteiger partial charge on any atom is -0.494 e. The molecule has 0 aliphatic heterocycles. The monoisotopic (exact) mass is 322 g/mol. The normalized spacial score (nSPS) is 10.2. The van der Waals surface area contributed by atoms with Crippen molar-refractivity contribution in [2.45, 2.75) is 13.5 Å². The molecule has 5 nitrogen and oxygen atoms in total. The highest BCUT2D eigenvalue weighted by Crippen LogP contribution is 2.16. The fourth-order valence-corrected chi connectivity index (χ4v) is 2.01. The summed E-state index contributed by atoms with van der Waals surface area (Å²) in [5, 5.41) is 3.12. The van der Waals surface area contributed by atoms with Crippen molar-refractivity contribution >= 4 is 27.7 Å². The van der Waals surface area contributed by atoms with Crippen LogP contribution in [0.4, 0.5) is 11.8 Å². The third kappa shape index (κ3) is 4.10. The van der Waals surface area contributed by atoms with Crippen LogP contribution < -0.4 is 15.8 Å². The molecule has 0 bridgehead atoms. The summed E-state index contributed by atoms with van der Waals surface area (Å²) >= 11 is 3.28. The Morgan fingerprint density at radius 1 is 1.32 bits per heavy atom. The van der Waals surface area contributed by atoms with Crippen LogP contribution in [0, 0.1) is 0 Å². The lowest BCUT2D eigenvalue weighted by Crippen LogP contribution is -2.05. The van der Waals surface area contributed by atoms with Crippen LogP contribution in [0.3, 0.4) is 0 Å². The van der Waals surface area contributed by atoms with Crippen molar-refractivity contribution in [3.8, 4) is 5.75 Å². The van der Waals surface area contributed by atoms with Crippen LogP contribution in [0.5, 0.6) is 5.75 Å². The highest BCUT2D eigenvalue weighted by atomic mass is 79.9. The molecule has 2 aromatic rings. The predicted octanol–water partition coefficient (Wildman–Crippen LogP) is 2.83. The number of nitrogens with zero attached hydrogens (tertiary/aromatic N) is 2. The Bertz CT molecular complexity index is 542. The molecule has 0 unspecified atom stereocenters. The van der Waals surface area contributed by atoms with Crippen molar-refractivity contribution in [3.63, 3.8) is 0 Å². The molecule has 2 rings (SSSR count). The van der Waals surface area contributed by atoms with E-state index >= 15 is 0 Å². The van der Waals surface area contributed by atoms with Crippen molar-refractivity contribution in [3.05, 3.63) is 40.5 Å². The van der Waals surface area contributed by atoms with E-state index in [-0.39, 0.29) is 0 Å². The van der Waals surface area contributed by atoms with Crippen molar-refractivity contribution in [1.29, 1.82) is 0 Å². The van der Waals surface area contributed by atoms with E-state index in [4.69, 9.17) is 10.5 Å². The van der Waals surface area contributed by atoms with Gasteiger partial charge in [0, 0.05) is 12.6 Å². The van der Waals surface area contributed by atoms with Crippen LogP contribution in [0.25, 0.3) is 0 Å². The Labute approximate surface area is 120 Å². The number of benzene rings is 1. The summed E-state index contributed by atoms with van der Waals surface area (Å²) in [7, 11) is 0. The van der Waals surface area contributed by atoms with E-state index in [2.05, 4.69) is 31.2 Å². The summed E-state index contributed by atoms with van der Waals surface area (Å²) in [6, 6.07) is 9.54. The number of nitrogens with two attached hydrogens (primary N) is 1. The molecule has 0 amide bonds. The number of hydrogen-bond acceptors (Lipinski definition) is 5. The van der Waals surface area contributed by atoms with Gasteiger partial charge in [0.05, 0.1) is 6.61 Å². The van der Waals surface area contributed by atoms with E-state index in [9.17, 15) is 0 Å². The van der Waals surface area contributed by atoms with Gasteiger partial charge in [-0.25, -0.2) is 4.98 Å². The van der Waals surface area contributed by atoms with Gasteiger partial charge in [0.1, 0.15) is 16.2 Å². The van der Waals surface area contributed by atoms with Crippen LogP contribution in [0.15, 0.2) is 34.9 Å².